The SMILES string of the molecule is CCOc1c(OC)c(OC)cc2nc(N3CCCN(C(=O)N4CCOCC4)CC3)[nH]c(=O)c12. The van der Waals surface area contributed by atoms with Gasteiger partial charge in [-0.2, -0.15) is 0 Å². The molecule has 3 heterocycles. The van der Waals surface area contributed by atoms with Gasteiger partial charge in [0.25, 0.3) is 5.56 Å². The Kier molecular flexibility index (Phi) is 7.07. The van der Waals surface area contributed by atoms with E-state index in [2.05, 4.69) is 4.98 Å². The summed E-state index contributed by atoms with van der Waals surface area (Å²) in [6.07, 6.45) is 0.772. The molecule has 33 heavy (non-hydrogen) atoms. The number of hydrogen-bond acceptors (Lipinski definition) is 8. The van der Waals surface area contributed by atoms with Gasteiger partial charge < -0.3 is 33.6 Å². The first-order chi connectivity index (χ1) is 16.1. The van der Waals surface area contributed by atoms with Crippen LogP contribution in [-0.2, 0) is 4.74 Å². The van der Waals surface area contributed by atoms with Crippen LogP contribution in [0.5, 0.6) is 17.2 Å². The van der Waals surface area contributed by atoms with Gasteiger partial charge in [0, 0.05) is 45.3 Å². The van der Waals surface area contributed by atoms with Crippen molar-refractivity contribution < 1.29 is 23.7 Å². The van der Waals surface area contributed by atoms with Crippen LogP contribution in [0, 0.1) is 0 Å². The number of fused-ring (bicyclic) bond motifs is 1. The molecule has 11 nitrogen and oxygen atoms in total. The third kappa shape index (κ3) is 4.63. The molecule has 2 saturated heterocycles. The molecule has 0 saturated carbocycles. The quantitative estimate of drug-likeness (QED) is 0.710. The number of nitrogens with zero attached hydrogens (tertiary/aromatic N) is 4. The maximum absolute atomic E-state index is 13.1. The number of aromatic nitrogens is 2. The molecule has 0 unspecified atom stereocenters. The molecule has 1 N–H and O–H groups in total. The van der Waals surface area contributed by atoms with E-state index in [-0.39, 0.29) is 11.6 Å². The number of rotatable bonds is 5. The average molecular weight is 462 g/mol. The molecule has 2 aliphatic rings. The highest BCUT2D eigenvalue weighted by molar-refractivity contribution is 5.90. The van der Waals surface area contributed by atoms with Gasteiger partial charge in [-0.3, -0.25) is 9.78 Å². The van der Waals surface area contributed by atoms with Crippen LogP contribution in [0.2, 0.25) is 0 Å². The zero-order valence-corrected chi connectivity index (χ0v) is 19.4. The minimum atomic E-state index is -0.315. The van der Waals surface area contributed by atoms with Crippen LogP contribution in [0.1, 0.15) is 13.3 Å². The molecule has 2 aromatic rings. The second-order valence-electron chi connectivity index (χ2n) is 7.87. The van der Waals surface area contributed by atoms with E-state index in [1.807, 2.05) is 21.6 Å². The van der Waals surface area contributed by atoms with Crippen molar-refractivity contribution in [1.82, 2.24) is 19.8 Å². The summed E-state index contributed by atoms with van der Waals surface area (Å²) in [5.41, 5.74) is 0.144. The number of nitrogens with one attached hydrogen (secondary N) is 1. The van der Waals surface area contributed by atoms with E-state index in [9.17, 15) is 9.59 Å². The van der Waals surface area contributed by atoms with Crippen molar-refractivity contribution in [3.63, 3.8) is 0 Å². The van der Waals surface area contributed by atoms with Gasteiger partial charge in [0.05, 0.1) is 39.6 Å². The molecule has 180 valence electrons. The number of hydrogen-bond donors (Lipinski definition) is 1. The largest absolute Gasteiger partial charge is 0.493 e. The molecule has 1 aromatic carbocycles. The van der Waals surface area contributed by atoms with Crippen LogP contribution < -0.4 is 24.7 Å². The minimum Gasteiger partial charge on any atom is -0.493 e. The van der Waals surface area contributed by atoms with Gasteiger partial charge in [0.15, 0.2) is 11.5 Å². The number of urea groups is 1. The number of carbonyl (C=O) groups excluding carboxylic acids is 1. The summed E-state index contributed by atoms with van der Waals surface area (Å²) in [6.45, 7) is 7.03. The number of benzene rings is 1. The van der Waals surface area contributed by atoms with Crippen molar-refractivity contribution in [2.45, 2.75) is 13.3 Å². The smallest absolute Gasteiger partial charge is 0.320 e. The van der Waals surface area contributed by atoms with Crippen LogP contribution in [0.3, 0.4) is 0 Å². The number of amides is 2. The number of ether oxygens (including phenoxy) is 4. The van der Waals surface area contributed by atoms with Crippen molar-refractivity contribution in [1.29, 1.82) is 0 Å². The summed E-state index contributed by atoms with van der Waals surface area (Å²) >= 11 is 0. The predicted molar refractivity (Wildman–Crippen MR) is 123 cm³/mol. The van der Waals surface area contributed by atoms with Gasteiger partial charge in [-0.15, -0.1) is 0 Å². The molecule has 4 rings (SSSR count). The highest BCUT2D eigenvalue weighted by atomic mass is 16.5. The molecule has 0 aliphatic carbocycles. The van der Waals surface area contributed by atoms with E-state index in [1.54, 1.807) is 6.07 Å². The molecule has 0 bridgehead atoms. The van der Waals surface area contributed by atoms with Crippen LogP contribution >= 0.6 is 0 Å². The lowest BCUT2D eigenvalue weighted by atomic mass is 10.2. The summed E-state index contributed by atoms with van der Waals surface area (Å²) in [6, 6.07) is 1.72. The third-order valence-corrected chi connectivity index (χ3v) is 5.92. The number of carbonyl (C=O) groups is 1. The average Bonchev–Trinajstić information content (AvgIpc) is 3.10. The summed E-state index contributed by atoms with van der Waals surface area (Å²) in [5, 5.41) is 0.317. The van der Waals surface area contributed by atoms with E-state index in [1.165, 1.54) is 14.2 Å². The van der Waals surface area contributed by atoms with Gasteiger partial charge >= 0.3 is 6.03 Å². The fourth-order valence-corrected chi connectivity index (χ4v) is 4.27. The van der Waals surface area contributed by atoms with Crippen molar-refractivity contribution >= 4 is 22.9 Å². The zero-order valence-electron chi connectivity index (χ0n) is 19.4. The number of aromatic amines is 1. The van der Waals surface area contributed by atoms with Crippen LogP contribution in [0.4, 0.5) is 10.7 Å². The van der Waals surface area contributed by atoms with Gasteiger partial charge in [-0.05, 0) is 13.3 Å². The van der Waals surface area contributed by atoms with E-state index in [4.69, 9.17) is 23.9 Å². The second kappa shape index (κ2) is 10.2. The Bertz CT molecular complexity index is 1050. The first-order valence-corrected chi connectivity index (χ1v) is 11.3. The molecule has 2 aliphatic heterocycles. The van der Waals surface area contributed by atoms with Crippen molar-refractivity contribution in [2.24, 2.45) is 0 Å². The van der Waals surface area contributed by atoms with Crippen LogP contribution in [0.15, 0.2) is 10.9 Å². The van der Waals surface area contributed by atoms with Crippen LogP contribution in [0.25, 0.3) is 10.9 Å². The van der Waals surface area contributed by atoms with E-state index in [0.717, 1.165) is 6.42 Å². The van der Waals surface area contributed by atoms with Gasteiger partial charge in [0.2, 0.25) is 11.7 Å². The maximum Gasteiger partial charge on any atom is 0.320 e. The monoisotopic (exact) mass is 461 g/mol. The molecule has 2 amide bonds. The number of anilines is 1. The van der Waals surface area contributed by atoms with Crippen molar-refractivity contribution in [3.8, 4) is 17.2 Å². The number of methoxy groups -OCH3 is 2. The molecule has 1 aromatic heterocycles. The number of morpholine rings is 1. The van der Waals surface area contributed by atoms with Crippen LogP contribution in [-0.4, -0.2) is 99.1 Å². The predicted octanol–water partition coefficient (Wildman–Crippen LogP) is 1.30. The summed E-state index contributed by atoms with van der Waals surface area (Å²) in [5.74, 6) is 1.57. The van der Waals surface area contributed by atoms with E-state index < -0.39 is 0 Å². The summed E-state index contributed by atoms with van der Waals surface area (Å²) < 4.78 is 22.0. The maximum atomic E-state index is 13.1. The summed E-state index contributed by atoms with van der Waals surface area (Å²) in [7, 11) is 3.03. The van der Waals surface area contributed by atoms with Gasteiger partial charge in [-0.25, -0.2) is 9.78 Å². The molecular formula is C22H31N5O6. The zero-order chi connectivity index (χ0) is 23.4. The standard InChI is InChI=1S/C22H31N5O6/c1-4-33-19-17-15(14-16(30-2)18(19)31-3)23-21(24-20(17)28)25-6-5-7-26(9-8-25)22(29)27-10-12-32-13-11-27/h14H,4-13H2,1-3H3,(H,23,24,28). The Morgan fingerprint density at radius 2 is 1.82 bits per heavy atom. The Morgan fingerprint density at radius 1 is 1.06 bits per heavy atom. The van der Waals surface area contributed by atoms with E-state index >= 15 is 0 Å². The third-order valence-electron chi connectivity index (χ3n) is 5.92. The Morgan fingerprint density at radius 3 is 2.52 bits per heavy atom. The summed E-state index contributed by atoms with van der Waals surface area (Å²) in [4.78, 5) is 39.3. The highest BCUT2D eigenvalue weighted by Crippen LogP contribution is 2.41. The fourth-order valence-electron chi connectivity index (χ4n) is 4.27. The molecule has 11 heteroatoms. The van der Waals surface area contributed by atoms with Crippen molar-refractivity contribution in [3.05, 3.63) is 16.4 Å². The molecule has 2 fully saturated rings. The molecule has 0 radical (unpaired) electrons. The Labute approximate surface area is 192 Å². The molecule has 0 atom stereocenters. The lowest BCUT2D eigenvalue weighted by Crippen LogP contribution is -2.49. The van der Waals surface area contributed by atoms with Gasteiger partial charge in [-0.1, -0.05) is 0 Å². The Balaban J connectivity index is 1.60. The highest BCUT2D eigenvalue weighted by Gasteiger charge is 2.27. The fraction of sp³-hybridized carbons (Fsp3) is 0.591. The first-order valence-electron chi connectivity index (χ1n) is 11.3. The molecule has 0 spiro atoms. The Hall–Kier alpha value is -3.21. The van der Waals surface area contributed by atoms with Crippen molar-refractivity contribution in [2.75, 3.05) is 78.2 Å². The number of H-pyrrole nitrogens is 1. The topological polar surface area (TPSA) is 109 Å². The lowest BCUT2D eigenvalue weighted by molar-refractivity contribution is 0.0438. The normalized spacial score (nSPS) is 17.1. The van der Waals surface area contributed by atoms with E-state index in [0.29, 0.717) is 93.2 Å². The lowest BCUT2D eigenvalue weighted by Gasteiger charge is -2.32. The second-order valence-corrected chi connectivity index (χ2v) is 7.87. The first kappa shape index (κ1) is 23.0. The van der Waals surface area contributed by atoms with Gasteiger partial charge in [0.1, 0.15) is 5.39 Å². The minimum absolute atomic E-state index is 0.0401. The molecular weight excluding hydrogens is 430 g/mol.